The molecule has 0 aliphatic heterocycles. The van der Waals surface area contributed by atoms with Crippen LogP contribution in [0.3, 0.4) is 0 Å². The summed E-state index contributed by atoms with van der Waals surface area (Å²) in [6.45, 7) is 0. The van der Waals surface area contributed by atoms with Gasteiger partial charge in [-0.05, 0) is 0 Å². The van der Waals surface area contributed by atoms with Gasteiger partial charge in [-0.1, -0.05) is 0 Å². The zero-order valence-corrected chi connectivity index (χ0v) is 11.5. The first-order chi connectivity index (χ1) is 5.38. The Morgan fingerprint density at radius 3 is 1.93 bits per heavy atom. The van der Waals surface area contributed by atoms with Crippen molar-refractivity contribution in [2.75, 3.05) is 0 Å². The molecule has 0 aliphatic rings. The maximum atomic E-state index is 2.16. The molecule has 0 unspecified atom stereocenters. The molecule has 0 nitrogen and oxygen atoms in total. The molecule has 0 spiro atoms. The first-order valence-corrected chi connectivity index (χ1v) is 4.62. The minimum atomic E-state index is 0. The predicted octanol–water partition coefficient (Wildman–Crippen LogP) is -7.35. The molecule has 0 atom stereocenters. The molecule has 4 heteroatoms. The van der Waals surface area contributed by atoms with Gasteiger partial charge < -0.3 is 37.2 Å². The third-order valence-electron chi connectivity index (χ3n) is 1.79. The molecule has 0 aromatic heterocycles. The van der Waals surface area contributed by atoms with Crippen molar-refractivity contribution in [3.63, 3.8) is 0 Å². The Morgan fingerprint density at radius 2 is 1.29 bits per heavy atom. The van der Waals surface area contributed by atoms with E-state index in [4.69, 9.17) is 0 Å². The number of fused-ring (bicyclic) bond motifs is 1. The van der Waals surface area contributed by atoms with E-state index in [1.54, 1.807) is 0 Å². The van der Waals surface area contributed by atoms with E-state index in [2.05, 4.69) is 59.0 Å². The van der Waals surface area contributed by atoms with Crippen molar-refractivity contribution in [2.45, 2.75) is 0 Å². The van der Waals surface area contributed by atoms with Crippen LogP contribution >= 0.6 is 0 Å². The van der Waals surface area contributed by atoms with Crippen LogP contribution < -0.4 is 41.6 Å². The molecular weight excluding hydrogens is 299 g/mol. The van der Waals surface area contributed by atoms with E-state index < -0.39 is 0 Å². The van der Waals surface area contributed by atoms with Crippen LogP contribution in [0, 0.1) is 0 Å². The van der Waals surface area contributed by atoms with E-state index in [1.165, 1.54) is 15.2 Å². The molecule has 0 amide bonds. The second kappa shape index (κ2) is 7.41. The van der Waals surface area contributed by atoms with Crippen LogP contribution in [-0.4, -0.2) is 16.5 Å². The summed E-state index contributed by atoms with van der Waals surface area (Å²) in [7, 11) is 0. The second-order valence-electron chi connectivity index (χ2n) is 2.53. The monoisotopic (exact) mass is 306 g/mol. The van der Waals surface area contributed by atoms with Crippen molar-refractivity contribution in [1.82, 2.24) is 0 Å². The molecular formula is C10H7Cl3Ge. The zero-order chi connectivity index (χ0) is 7.68. The van der Waals surface area contributed by atoms with Gasteiger partial charge in [0.25, 0.3) is 0 Å². The van der Waals surface area contributed by atoms with E-state index in [-0.39, 0.29) is 37.2 Å². The fourth-order valence-electron chi connectivity index (χ4n) is 1.23. The van der Waals surface area contributed by atoms with E-state index in [0.717, 1.165) is 0 Å². The first-order valence-electron chi connectivity index (χ1n) is 3.57. The Kier molecular flexibility index (Phi) is 8.75. The Morgan fingerprint density at radius 1 is 0.714 bits per heavy atom. The molecule has 0 saturated heterocycles. The van der Waals surface area contributed by atoms with Gasteiger partial charge in [0.2, 0.25) is 0 Å². The predicted molar refractivity (Wildman–Crippen MR) is 49.3 cm³/mol. The maximum absolute atomic E-state index is 2.16. The molecule has 0 saturated carbocycles. The van der Waals surface area contributed by atoms with Crippen LogP contribution in [0.5, 0.6) is 0 Å². The summed E-state index contributed by atoms with van der Waals surface area (Å²) in [5.74, 6) is 0. The SMILES string of the molecule is [Cl-].[Cl-].[Cl-].[Ge+3][c]1cccc2ccccc12. The average molecular weight is 306 g/mol. The molecule has 0 N–H and O–H groups in total. The summed E-state index contributed by atoms with van der Waals surface area (Å²) >= 11 is 2.14. The van der Waals surface area contributed by atoms with Crippen LogP contribution in [-0.2, 0) is 0 Å². The first kappa shape index (κ1) is 16.5. The van der Waals surface area contributed by atoms with Gasteiger partial charge in [0, 0.05) is 0 Å². The third-order valence-corrected chi connectivity index (χ3v) is 2.70. The van der Waals surface area contributed by atoms with Crippen molar-refractivity contribution in [3.05, 3.63) is 42.5 Å². The average Bonchev–Trinajstić information content (AvgIpc) is 2.06. The van der Waals surface area contributed by atoms with Gasteiger partial charge in [0.1, 0.15) is 0 Å². The molecule has 72 valence electrons. The standard InChI is InChI=1S/C10H7Ge.3ClH/c11-10-7-3-5-8-4-1-2-6-9(8)10;;;/h1-7H;3*1H/q+3;;;/p-3. The van der Waals surface area contributed by atoms with E-state index in [0.29, 0.717) is 0 Å². The van der Waals surface area contributed by atoms with Crippen LogP contribution in [0.2, 0.25) is 0 Å². The summed E-state index contributed by atoms with van der Waals surface area (Å²) in [6, 6.07) is 14.8. The minimum absolute atomic E-state index is 0. The topological polar surface area (TPSA) is 0 Å². The Bertz CT molecular complexity index is 385. The molecule has 14 heavy (non-hydrogen) atoms. The fraction of sp³-hybridized carbons (Fsp3) is 0. The molecule has 2 aromatic carbocycles. The zero-order valence-electron chi connectivity index (χ0n) is 7.18. The normalized spacial score (nSPS) is 8.14. The summed E-state index contributed by atoms with van der Waals surface area (Å²) in [5.41, 5.74) is 0. The van der Waals surface area contributed by atoms with Gasteiger partial charge in [-0.2, -0.15) is 0 Å². The van der Waals surface area contributed by atoms with Gasteiger partial charge in [-0.15, -0.1) is 0 Å². The van der Waals surface area contributed by atoms with Crippen molar-refractivity contribution < 1.29 is 37.2 Å². The van der Waals surface area contributed by atoms with Gasteiger partial charge in [0.15, 0.2) is 0 Å². The molecule has 0 heterocycles. The molecule has 2 rings (SSSR count). The van der Waals surface area contributed by atoms with Gasteiger partial charge >= 0.3 is 74.1 Å². The van der Waals surface area contributed by atoms with Crippen molar-refractivity contribution in [2.24, 2.45) is 0 Å². The summed E-state index contributed by atoms with van der Waals surface area (Å²) in [6.07, 6.45) is 0. The van der Waals surface area contributed by atoms with Gasteiger partial charge in [-0.25, -0.2) is 0 Å². The van der Waals surface area contributed by atoms with Crippen LogP contribution in [0.1, 0.15) is 0 Å². The summed E-state index contributed by atoms with van der Waals surface area (Å²) < 4.78 is 1.35. The molecule has 2 aromatic rings. The Balaban J connectivity index is 0. The van der Waals surface area contributed by atoms with E-state index in [9.17, 15) is 0 Å². The van der Waals surface area contributed by atoms with Crippen molar-refractivity contribution in [3.8, 4) is 0 Å². The Hall–Kier alpha value is 0.113. The third kappa shape index (κ3) is 3.36. The van der Waals surface area contributed by atoms with Crippen molar-refractivity contribution >= 4 is 31.7 Å². The molecule has 0 fully saturated rings. The van der Waals surface area contributed by atoms with E-state index >= 15 is 0 Å². The van der Waals surface area contributed by atoms with Crippen molar-refractivity contribution in [1.29, 1.82) is 0 Å². The Labute approximate surface area is 111 Å². The molecule has 0 aliphatic carbocycles. The van der Waals surface area contributed by atoms with Gasteiger partial charge in [-0.3, -0.25) is 0 Å². The number of hydrogen-bond donors (Lipinski definition) is 0. The second-order valence-corrected chi connectivity index (χ2v) is 3.66. The molecule has 0 radical (unpaired) electrons. The van der Waals surface area contributed by atoms with Gasteiger partial charge in [0.05, 0.1) is 0 Å². The number of hydrogen-bond acceptors (Lipinski definition) is 0. The van der Waals surface area contributed by atoms with Crippen LogP contribution in [0.15, 0.2) is 42.5 Å². The number of rotatable bonds is 0. The van der Waals surface area contributed by atoms with Crippen LogP contribution in [0.4, 0.5) is 0 Å². The summed E-state index contributed by atoms with van der Waals surface area (Å²) in [5, 5.41) is 2.68. The number of halogens is 3. The fourth-order valence-corrected chi connectivity index (χ4v) is 1.90. The quantitative estimate of drug-likeness (QED) is 0.424. The summed E-state index contributed by atoms with van der Waals surface area (Å²) in [4.78, 5) is 0. The van der Waals surface area contributed by atoms with Crippen LogP contribution in [0.25, 0.3) is 10.8 Å². The van der Waals surface area contributed by atoms with E-state index in [1.807, 2.05) is 0 Å². The molecule has 0 bridgehead atoms. The number of benzene rings is 2.